The summed E-state index contributed by atoms with van der Waals surface area (Å²) in [4.78, 5) is 9.32. The Hall–Kier alpha value is -1.57. The van der Waals surface area contributed by atoms with Crippen LogP contribution in [0.25, 0.3) is 0 Å². The fourth-order valence-corrected chi connectivity index (χ4v) is 2.61. The van der Waals surface area contributed by atoms with Gasteiger partial charge in [-0.05, 0) is 19.8 Å². The van der Waals surface area contributed by atoms with Gasteiger partial charge in [0.25, 0.3) is 0 Å². The lowest BCUT2D eigenvalue weighted by molar-refractivity contribution is -0.141. The number of hydrazine groups is 1. The van der Waals surface area contributed by atoms with Gasteiger partial charge in [-0.2, -0.15) is 18.2 Å². The third-order valence-corrected chi connectivity index (χ3v) is 3.53. The zero-order valence-electron chi connectivity index (χ0n) is 11.2. The minimum Gasteiger partial charge on any atom is -0.354 e. The van der Waals surface area contributed by atoms with Crippen molar-refractivity contribution < 1.29 is 13.2 Å². The van der Waals surface area contributed by atoms with Crippen LogP contribution in [0.15, 0.2) is 6.07 Å². The lowest BCUT2D eigenvalue weighted by Crippen LogP contribution is -2.34. The Morgan fingerprint density at radius 2 is 2.00 bits per heavy atom. The van der Waals surface area contributed by atoms with Gasteiger partial charge in [-0.15, -0.1) is 0 Å². The second kappa shape index (κ2) is 5.82. The van der Waals surface area contributed by atoms with Gasteiger partial charge < -0.3 is 4.90 Å². The highest BCUT2D eigenvalue weighted by molar-refractivity contribution is 5.46. The molecular weight excluding hydrogens is 271 g/mol. The number of nitrogens with one attached hydrogen (secondary N) is 1. The first-order valence-electron chi connectivity index (χ1n) is 6.65. The van der Waals surface area contributed by atoms with Crippen molar-refractivity contribution in [2.75, 3.05) is 16.9 Å². The fraction of sp³-hybridized carbons (Fsp3) is 0.667. The summed E-state index contributed by atoms with van der Waals surface area (Å²) in [5, 5.41) is 0. The smallest absolute Gasteiger partial charge is 0.354 e. The van der Waals surface area contributed by atoms with Crippen molar-refractivity contribution in [2.45, 2.75) is 44.8 Å². The number of nitrogens with zero attached hydrogens (tertiary/aromatic N) is 3. The predicted octanol–water partition coefficient (Wildman–Crippen LogP) is 2.55. The zero-order chi connectivity index (χ0) is 14.8. The third-order valence-electron chi connectivity index (χ3n) is 3.53. The largest absolute Gasteiger partial charge is 0.433 e. The number of aromatic nitrogens is 2. The molecule has 1 saturated carbocycles. The van der Waals surface area contributed by atoms with Gasteiger partial charge in [0.2, 0.25) is 5.95 Å². The van der Waals surface area contributed by atoms with E-state index in [0.29, 0.717) is 6.54 Å². The summed E-state index contributed by atoms with van der Waals surface area (Å²) >= 11 is 0. The maximum absolute atomic E-state index is 12.9. The van der Waals surface area contributed by atoms with Crippen molar-refractivity contribution in [3.05, 3.63) is 11.8 Å². The molecule has 2 rings (SSSR count). The van der Waals surface area contributed by atoms with Crippen LogP contribution in [0.5, 0.6) is 0 Å². The van der Waals surface area contributed by atoms with Gasteiger partial charge >= 0.3 is 6.18 Å². The van der Waals surface area contributed by atoms with E-state index < -0.39 is 11.9 Å². The quantitative estimate of drug-likeness (QED) is 0.658. The normalized spacial score (nSPS) is 16.4. The van der Waals surface area contributed by atoms with Crippen LogP contribution in [0.4, 0.5) is 24.9 Å². The molecule has 1 aromatic heterocycles. The minimum absolute atomic E-state index is 0.216. The molecule has 0 saturated heterocycles. The van der Waals surface area contributed by atoms with E-state index in [1.54, 1.807) is 0 Å². The molecule has 1 fully saturated rings. The van der Waals surface area contributed by atoms with Gasteiger partial charge in [0, 0.05) is 18.7 Å². The maximum Gasteiger partial charge on any atom is 0.433 e. The van der Waals surface area contributed by atoms with E-state index in [1.165, 1.54) is 0 Å². The Labute approximate surface area is 115 Å². The van der Waals surface area contributed by atoms with Crippen LogP contribution < -0.4 is 16.2 Å². The minimum atomic E-state index is -4.52. The molecule has 1 aromatic rings. The molecule has 0 radical (unpaired) electrons. The van der Waals surface area contributed by atoms with Gasteiger partial charge in [-0.1, -0.05) is 12.8 Å². The van der Waals surface area contributed by atoms with E-state index in [0.717, 1.165) is 31.7 Å². The van der Waals surface area contributed by atoms with Crippen molar-refractivity contribution in [1.29, 1.82) is 0 Å². The second-order valence-electron chi connectivity index (χ2n) is 4.80. The summed E-state index contributed by atoms with van der Waals surface area (Å²) in [6.45, 7) is 2.51. The number of rotatable bonds is 4. The first kappa shape index (κ1) is 14.8. The molecule has 0 atom stereocenters. The number of anilines is 2. The van der Waals surface area contributed by atoms with Gasteiger partial charge in [0.15, 0.2) is 5.69 Å². The standard InChI is InChI=1S/C12H18F3N5/c1-2-20(8-5-3-4-6-8)10-7-9(12(13,14)15)17-11(18-10)19-16/h7-8H,2-6,16H2,1H3,(H,17,18,19). The number of hydrogen-bond donors (Lipinski definition) is 2. The number of nitrogen functional groups attached to an aromatic ring is 1. The summed E-state index contributed by atoms with van der Waals surface area (Å²) < 4.78 is 38.6. The molecular formula is C12H18F3N5. The highest BCUT2D eigenvalue weighted by Crippen LogP contribution is 2.33. The summed E-state index contributed by atoms with van der Waals surface area (Å²) in [5.41, 5.74) is 1.12. The fourth-order valence-electron chi connectivity index (χ4n) is 2.61. The lowest BCUT2D eigenvalue weighted by Gasteiger charge is -2.29. The van der Waals surface area contributed by atoms with Crippen LogP contribution in [0.2, 0.25) is 0 Å². The average molecular weight is 289 g/mol. The molecule has 1 aliphatic carbocycles. The molecule has 0 aromatic carbocycles. The highest BCUT2D eigenvalue weighted by Gasteiger charge is 2.35. The summed E-state index contributed by atoms with van der Waals surface area (Å²) in [6.07, 6.45) is -0.367. The van der Waals surface area contributed by atoms with E-state index >= 15 is 0 Å². The molecule has 3 N–H and O–H groups in total. The van der Waals surface area contributed by atoms with Gasteiger partial charge in [-0.25, -0.2) is 10.8 Å². The Bertz CT molecular complexity index is 457. The Balaban J connectivity index is 2.38. The van der Waals surface area contributed by atoms with Crippen molar-refractivity contribution in [1.82, 2.24) is 9.97 Å². The lowest BCUT2D eigenvalue weighted by atomic mass is 10.2. The highest BCUT2D eigenvalue weighted by atomic mass is 19.4. The first-order chi connectivity index (χ1) is 9.45. The van der Waals surface area contributed by atoms with E-state index in [9.17, 15) is 13.2 Å². The maximum atomic E-state index is 12.9. The van der Waals surface area contributed by atoms with E-state index in [2.05, 4.69) is 15.4 Å². The number of hydrogen-bond acceptors (Lipinski definition) is 5. The number of halogens is 3. The predicted molar refractivity (Wildman–Crippen MR) is 70.1 cm³/mol. The molecule has 8 heteroatoms. The van der Waals surface area contributed by atoms with Crippen molar-refractivity contribution in [2.24, 2.45) is 5.84 Å². The Morgan fingerprint density at radius 1 is 1.35 bits per heavy atom. The molecule has 0 spiro atoms. The van der Waals surface area contributed by atoms with Gasteiger partial charge in [-0.3, -0.25) is 5.43 Å². The van der Waals surface area contributed by atoms with Crippen LogP contribution in [0.1, 0.15) is 38.3 Å². The molecule has 0 unspecified atom stereocenters. The molecule has 1 heterocycles. The van der Waals surface area contributed by atoms with E-state index in [-0.39, 0.29) is 17.8 Å². The Morgan fingerprint density at radius 3 is 2.50 bits per heavy atom. The average Bonchev–Trinajstić information content (AvgIpc) is 2.92. The Kier molecular flexibility index (Phi) is 4.32. The zero-order valence-corrected chi connectivity index (χ0v) is 11.2. The second-order valence-corrected chi connectivity index (χ2v) is 4.80. The van der Waals surface area contributed by atoms with Gasteiger partial charge in [0.05, 0.1) is 0 Å². The summed E-state index contributed by atoms with van der Waals surface area (Å²) in [5.74, 6) is 5.22. The summed E-state index contributed by atoms with van der Waals surface area (Å²) in [6, 6.07) is 1.23. The summed E-state index contributed by atoms with van der Waals surface area (Å²) in [7, 11) is 0. The number of alkyl halides is 3. The molecule has 5 nitrogen and oxygen atoms in total. The molecule has 0 aliphatic heterocycles. The van der Waals surface area contributed by atoms with E-state index in [4.69, 9.17) is 5.84 Å². The van der Waals surface area contributed by atoms with Crippen LogP contribution in [0.3, 0.4) is 0 Å². The van der Waals surface area contributed by atoms with E-state index in [1.807, 2.05) is 11.8 Å². The van der Waals surface area contributed by atoms with Crippen molar-refractivity contribution in [3.8, 4) is 0 Å². The molecule has 112 valence electrons. The SMILES string of the molecule is CCN(c1cc(C(F)(F)F)nc(NN)n1)C1CCCC1. The third kappa shape index (κ3) is 3.12. The van der Waals surface area contributed by atoms with Crippen molar-refractivity contribution in [3.63, 3.8) is 0 Å². The first-order valence-corrected chi connectivity index (χ1v) is 6.65. The molecule has 0 amide bonds. The monoisotopic (exact) mass is 289 g/mol. The van der Waals surface area contributed by atoms with Crippen LogP contribution in [0, 0.1) is 0 Å². The topological polar surface area (TPSA) is 67.1 Å². The van der Waals surface area contributed by atoms with Crippen molar-refractivity contribution >= 4 is 11.8 Å². The van der Waals surface area contributed by atoms with Crippen LogP contribution in [-0.2, 0) is 6.18 Å². The number of nitrogens with two attached hydrogens (primary N) is 1. The molecule has 20 heavy (non-hydrogen) atoms. The van der Waals surface area contributed by atoms with Gasteiger partial charge in [0.1, 0.15) is 5.82 Å². The van der Waals surface area contributed by atoms with Crippen LogP contribution in [-0.4, -0.2) is 22.6 Å². The molecule has 1 aliphatic rings. The molecule has 0 bridgehead atoms. The van der Waals surface area contributed by atoms with Crippen LogP contribution >= 0.6 is 0 Å².